The fourth-order valence-corrected chi connectivity index (χ4v) is 3.01. The number of amides is 1. The van der Waals surface area contributed by atoms with Gasteiger partial charge in [0.25, 0.3) is 5.91 Å². The minimum Gasteiger partial charge on any atom is -0.482 e. The van der Waals surface area contributed by atoms with Crippen molar-refractivity contribution in [2.45, 2.75) is 6.04 Å². The van der Waals surface area contributed by atoms with Crippen LogP contribution in [0.15, 0.2) is 54.9 Å². The molecular weight excluding hydrogens is 392 g/mol. The predicted octanol–water partition coefficient (Wildman–Crippen LogP) is 4.15. The van der Waals surface area contributed by atoms with Gasteiger partial charge in [-0.05, 0) is 35.9 Å². The van der Waals surface area contributed by atoms with Gasteiger partial charge in [-0.2, -0.15) is 0 Å². The molecule has 8 heteroatoms. The Morgan fingerprint density at radius 1 is 1.26 bits per heavy atom. The van der Waals surface area contributed by atoms with E-state index in [2.05, 4.69) is 10.3 Å². The fraction of sp³-hybridized carbons (Fsp3) is 0.158. The monoisotopic (exact) mass is 407 g/mol. The number of rotatable bonds is 6. The van der Waals surface area contributed by atoms with E-state index in [9.17, 15) is 9.18 Å². The van der Waals surface area contributed by atoms with Gasteiger partial charge >= 0.3 is 0 Å². The second kappa shape index (κ2) is 8.41. The predicted molar refractivity (Wildman–Crippen MR) is 102 cm³/mol. The third-order valence-electron chi connectivity index (χ3n) is 3.88. The molecule has 0 radical (unpaired) electrons. The third kappa shape index (κ3) is 4.78. The van der Waals surface area contributed by atoms with Crippen LogP contribution in [0.3, 0.4) is 0 Å². The lowest BCUT2D eigenvalue weighted by Gasteiger charge is -2.19. The molecule has 0 aliphatic heterocycles. The Bertz CT molecular complexity index is 944. The van der Waals surface area contributed by atoms with Gasteiger partial charge in [0.2, 0.25) is 0 Å². The van der Waals surface area contributed by atoms with Crippen LogP contribution in [0.2, 0.25) is 10.0 Å². The van der Waals surface area contributed by atoms with E-state index in [1.54, 1.807) is 41.2 Å². The third-order valence-corrected chi connectivity index (χ3v) is 4.41. The zero-order valence-electron chi connectivity index (χ0n) is 14.3. The molecule has 140 valence electrons. The Kier molecular flexibility index (Phi) is 5.98. The molecule has 5 nitrogen and oxygen atoms in total. The maximum absolute atomic E-state index is 13.3. The number of aryl methyl sites for hydroxylation is 1. The SMILES string of the molecule is Cn1ccnc1C(NC(=O)COc1ccc(Cl)cc1Cl)c1ccc(F)cc1. The van der Waals surface area contributed by atoms with Gasteiger partial charge in [0.05, 0.1) is 5.02 Å². The first kappa shape index (κ1) is 19.2. The second-order valence-electron chi connectivity index (χ2n) is 5.81. The van der Waals surface area contributed by atoms with Gasteiger partial charge in [0.1, 0.15) is 23.4 Å². The van der Waals surface area contributed by atoms with Crippen molar-refractivity contribution in [2.24, 2.45) is 7.05 Å². The van der Waals surface area contributed by atoms with Crippen LogP contribution in [0.1, 0.15) is 17.4 Å². The minimum atomic E-state index is -0.553. The lowest BCUT2D eigenvalue weighted by atomic mass is 10.1. The van der Waals surface area contributed by atoms with Crippen molar-refractivity contribution in [3.8, 4) is 5.75 Å². The molecular formula is C19H16Cl2FN3O2. The Balaban J connectivity index is 1.74. The van der Waals surface area contributed by atoms with Crippen LogP contribution < -0.4 is 10.1 Å². The average Bonchev–Trinajstić information content (AvgIpc) is 3.05. The van der Waals surface area contributed by atoms with E-state index in [-0.39, 0.29) is 18.3 Å². The number of aromatic nitrogens is 2. The van der Waals surface area contributed by atoms with Crippen molar-refractivity contribution in [3.63, 3.8) is 0 Å². The van der Waals surface area contributed by atoms with Gasteiger partial charge in [-0.15, -0.1) is 0 Å². The highest BCUT2D eigenvalue weighted by Gasteiger charge is 2.21. The van der Waals surface area contributed by atoms with E-state index in [0.29, 0.717) is 27.2 Å². The van der Waals surface area contributed by atoms with E-state index < -0.39 is 6.04 Å². The van der Waals surface area contributed by atoms with Crippen LogP contribution in [0, 0.1) is 5.82 Å². The summed E-state index contributed by atoms with van der Waals surface area (Å²) < 4.78 is 20.5. The molecule has 0 spiro atoms. The lowest BCUT2D eigenvalue weighted by Crippen LogP contribution is -2.34. The van der Waals surface area contributed by atoms with Crippen LogP contribution in [0.25, 0.3) is 0 Å². The Labute approximate surface area is 165 Å². The molecule has 1 amide bonds. The quantitative estimate of drug-likeness (QED) is 0.667. The number of hydrogen-bond donors (Lipinski definition) is 1. The summed E-state index contributed by atoms with van der Waals surface area (Å²) >= 11 is 11.9. The first-order valence-corrected chi connectivity index (χ1v) is 8.79. The van der Waals surface area contributed by atoms with Gasteiger partial charge in [-0.1, -0.05) is 35.3 Å². The van der Waals surface area contributed by atoms with Crippen molar-refractivity contribution in [2.75, 3.05) is 6.61 Å². The summed E-state index contributed by atoms with van der Waals surface area (Å²) in [7, 11) is 1.81. The molecule has 1 N–H and O–H groups in total. The maximum atomic E-state index is 13.3. The van der Waals surface area contributed by atoms with E-state index >= 15 is 0 Å². The highest BCUT2D eigenvalue weighted by atomic mass is 35.5. The largest absolute Gasteiger partial charge is 0.482 e. The highest BCUT2D eigenvalue weighted by Crippen LogP contribution is 2.27. The van der Waals surface area contributed by atoms with Gasteiger partial charge in [0.15, 0.2) is 6.61 Å². The van der Waals surface area contributed by atoms with Crippen molar-refractivity contribution in [1.82, 2.24) is 14.9 Å². The number of hydrogen-bond acceptors (Lipinski definition) is 3. The normalized spacial score (nSPS) is 11.9. The minimum absolute atomic E-state index is 0.247. The van der Waals surface area contributed by atoms with Crippen molar-refractivity contribution < 1.29 is 13.9 Å². The Morgan fingerprint density at radius 2 is 2.00 bits per heavy atom. The number of nitrogens with zero attached hydrogens (tertiary/aromatic N) is 2. The van der Waals surface area contributed by atoms with Gasteiger partial charge in [-0.3, -0.25) is 4.79 Å². The molecule has 0 saturated carbocycles. The van der Waals surface area contributed by atoms with Crippen LogP contribution in [0.4, 0.5) is 4.39 Å². The van der Waals surface area contributed by atoms with Crippen LogP contribution in [-0.4, -0.2) is 22.1 Å². The molecule has 1 aromatic heterocycles. The number of nitrogens with one attached hydrogen (secondary N) is 1. The molecule has 1 atom stereocenters. The van der Waals surface area contributed by atoms with Crippen molar-refractivity contribution >= 4 is 29.1 Å². The number of carbonyl (C=O) groups excluding carboxylic acids is 1. The maximum Gasteiger partial charge on any atom is 0.258 e. The average molecular weight is 408 g/mol. The van der Waals surface area contributed by atoms with E-state index in [4.69, 9.17) is 27.9 Å². The molecule has 1 unspecified atom stereocenters. The summed E-state index contributed by atoms with van der Waals surface area (Å²) in [6.07, 6.45) is 3.39. The summed E-state index contributed by atoms with van der Waals surface area (Å²) in [5, 5.41) is 3.65. The second-order valence-corrected chi connectivity index (χ2v) is 6.66. The van der Waals surface area contributed by atoms with Crippen LogP contribution in [-0.2, 0) is 11.8 Å². The lowest BCUT2D eigenvalue weighted by molar-refractivity contribution is -0.123. The molecule has 3 rings (SSSR count). The zero-order chi connectivity index (χ0) is 19.4. The standard InChI is InChI=1S/C19H16Cl2FN3O2/c1-25-9-8-23-19(25)18(12-2-5-14(22)6-3-12)24-17(26)11-27-16-7-4-13(20)10-15(16)21/h2-10,18H,11H2,1H3,(H,24,26). The molecule has 0 aliphatic rings. The van der Waals surface area contributed by atoms with Gasteiger partial charge in [0, 0.05) is 24.5 Å². The first-order valence-electron chi connectivity index (χ1n) is 8.04. The molecule has 0 bridgehead atoms. The van der Waals surface area contributed by atoms with E-state index in [0.717, 1.165) is 0 Å². The number of imidazole rings is 1. The summed E-state index contributed by atoms with van der Waals surface area (Å²) in [6, 6.07) is 10.1. The summed E-state index contributed by atoms with van der Waals surface area (Å²) in [4.78, 5) is 16.7. The molecule has 1 heterocycles. The van der Waals surface area contributed by atoms with Crippen LogP contribution in [0.5, 0.6) is 5.75 Å². The topological polar surface area (TPSA) is 56.2 Å². The highest BCUT2D eigenvalue weighted by molar-refractivity contribution is 6.35. The van der Waals surface area contributed by atoms with Gasteiger partial charge in [-0.25, -0.2) is 9.37 Å². The fourth-order valence-electron chi connectivity index (χ4n) is 2.55. The molecule has 3 aromatic rings. The number of halogens is 3. The number of carbonyl (C=O) groups is 1. The molecule has 2 aromatic carbocycles. The van der Waals surface area contributed by atoms with E-state index in [1.165, 1.54) is 18.2 Å². The summed E-state index contributed by atoms with van der Waals surface area (Å²) in [6.45, 7) is -0.247. The first-order chi connectivity index (χ1) is 12.9. The Hall–Kier alpha value is -2.57. The molecule has 27 heavy (non-hydrogen) atoms. The smallest absolute Gasteiger partial charge is 0.258 e. The Morgan fingerprint density at radius 3 is 2.63 bits per heavy atom. The summed E-state index contributed by atoms with van der Waals surface area (Å²) in [5.41, 5.74) is 0.698. The summed E-state index contributed by atoms with van der Waals surface area (Å²) in [5.74, 6) is 0.230. The number of benzene rings is 2. The molecule has 0 fully saturated rings. The van der Waals surface area contributed by atoms with Gasteiger partial charge < -0.3 is 14.6 Å². The zero-order valence-corrected chi connectivity index (χ0v) is 15.8. The molecule has 0 saturated heterocycles. The van der Waals surface area contributed by atoms with Crippen molar-refractivity contribution in [3.05, 3.63) is 82.1 Å². The van der Waals surface area contributed by atoms with Crippen molar-refractivity contribution in [1.29, 1.82) is 0 Å². The van der Waals surface area contributed by atoms with Crippen LogP contribution >= 0.6 is 23.2 Å². The number of ether oxygens (including phenoxy) is 1. The molecule has 0 aliphatic carbocycles. The van der Waals surface area contributed by atoms with E-state index in [1.807, 2.05) is 7.05 Å².